The SMILES string of the molecule is CC1(C)CCCC1C(=O)N(CCCN)Cc1cccnc1. The van der Waals surface area contributed by atoms with Crippen molar-refractivity contribution in [3.63, 3.8) is 0 Å². The molecule has 21 heavy (non-hydrogen) atoms. The van der Waals surface area contributed by atoms with Crippen molar-refractivity contribution in [1.29, 1.82) is 0 Å². The number of rotatable bonds is 6. The van der Waals surface area contributed by atoms with Crippen LogP contribution in [0.4, 0.5) is 0 Å². The number of hydrogen-bond donors (Lipinski definition) is 1. The van der Waals surface area contributed by atoms with Crippen LogP contribution in [0.25, 0.3) is 0 Å². The Balaban J connectivity index is 2.09. The van der Waals surface area contributed by atoms with Gasteiger partial charge < -0.3 is 10.6 Å². The first-order valence-corrected chi connectivity index (χ1v) is 7.92. The molecule has 1 aliphatic carbocycles. The molecule has 1 amide bonds. The first-order chi connectivity index (χ1) is 10.0. The highest BCUT2D eigenvalue weighted by Crippen LogP contribution is 2.43. The van der Waals surface area contributed by atoms with Crippen LogP contribution in [0.2, 0.25) is 0 Å². The maximum Gasteiger partial charge on any atom is 0.226 e. The van der Waals surface area contributed by atoms with E-state index in [2.05, 4.69) is 18.8 Å². The second-order valence-electron chi connectivity index (χ2n) is 6.70. The molecule has 2 N–H and O–H groups in total. The first kappa shape index (κ1) is 16.0. The van der Waals surface area contributed by atoms with Crippen molar-refractivity contribution in [3.8, 4) is 0 Å². The molecule has 0 spiro atoms. The predicted octanol–water partition coefficient (Wildman–Crippen LogP) is 2.59. The number of nitrogens with two attached hydrogens (primary N) is 1. The molecule has 1 aromatic heterocycles. The zero-order valence-corrected chi connectivity index (χ0v) is 13.2. The summed E-state index contributed by atoms with van der Waals surface area (Å²) in [7, 11) is 0. The molecule has 116 valence electrons. The average Bonchev–Trinajstić information content (AvgIpc) is 2.83. The third-order valence-corrected chi connectivity index (χ3v) is 4.60. The minimum atomic E-state index is 0.118. The Morgan fingerprint density at radius 2 is 2.33 bits per heavy atom. The standard InChI is InChI=1S/C17H27N3O/c1-17(2)8-3-7-15(17)16(21)20(11-5-9-18)13-14-6-4-10-19-12-14/h4,6,10,12,15H,3,5,7-9,11,13,18H2,1-2H3. The van der Waals surface area contributed by atoms with E-state index in [1.807, 2.05) is 23.2 Å². The summed E-state index contributed by atoms with van der Waals surface area (Å²) in [5, 5.41) is 0. The molecule has 1 saturated carbocycles. The number of hydrogen-bond acceptors (Lipinski definition) is 3. The summed E-state index contributed by atoms with van der Waals surface area (Å²) in [6, 6.07) is 3.94. The van der Waals surface area contributed by atoms with Crippen molar-refractivity contribution in [2.75, 3.05) is 13.1 Å². The number of amides is 1. The Labute approximate surface area is 127 Å². The van der Waals surface area contributed by atoms with Crippen molar-refractivity contribution >= 4 is 5.91 Å². The summed E-state index contributed by atoms with van der Waals surface area (Å²) >= 11 is 0. The van der Waals surface area contributed by atoms with E-state index in [4.69, 9.17) is 5.73 Å². The smallest absolute Gasteiger partial charge is 0.226 e. The van der Waals surface area contributed by atoms with Crippen LogP contribution in [-0.4, -0.2) is 28.9 Å². The maximum atomic E-state index is 12.9. The van der Waals surface area contributed by atoms with Crippen molar-refractivity contribution in [3.05, 3.63) is 30.1 Å². The van der Waals surface area contributed by atoms with E-state index in [0.29, 0.717) is 13.1 Å². The number of carbonyl (C=O) groups is 1. The van der Waals surface area contributed by atoms with Gasteiger partial charge in [-0.2, -0.15) is 0 Å². The van der Waals surface area contributed by atoms with Crippen molar-refractivity contribution in [2.24, 2.45) is 17.1 Å². The van der Waals surface area contributed by atoms with Gasteiger partial charge in [-0.25, -0.2) is 0 Å². The summed E-state index contributed by atoms with van der Waals surface area (Å²) in [6.45, 7) is 6.42. The molecule has 1 heterocycles. The van der Waals surface area contributed by atoms with Crippen molar-refractivity contribution in [1.82, 2.24) is 9.88 Å². The normalized spacial score (nSPS) is 20.4. The molecule has 0 radical (unpaired) electrons. The van der Waals surface area contributed by atoms with Gasteiger partial charge in [-0.05, 0) is 42.9 Å². The van der Waals surface area contributed by atoms with Gasteiger partial charge in [-0.15, -0.1) is 0 Å². The molecule has 4 heteroatoms. The van der Waals surface area contributed by atoms with Crippen LogP contribution < -0.4 is 5.73 Å². The quantitative estimate of drug-likeness (QED) is 0.875. The van der Waals surface area contributed by atoms with Gasteiger partial charge in [0, 0.05) is 31.4 Å². The lowest BCUT2D eigenvalue weighted by atomic mass is 9.81. The topological polar surface area (TPSA) is 59.2 Å². The lowest BCUT2D eigenvalue weighted by Gasteiger charge is -2.32. The molecule has 0 saturated heterocycles. The van der Waals surface area contributed by atoms with Crippen LogP contribution in [0.5, 0.6) is 0 Å². The molecule has 1 fully saturated rings. The highest BCUT2D eigenvalue weighted by molar-refractivity contribution is 5.80. The molecule has 0 aromatic carbocycles. The van der Waals surface area contributed by atoms with E-state index >= 15 is 0 Å². The van der Waals surface area contributed by atoms with Gasteiger partial charge >= 0.3 is 0 Å². The lowest BCUT2D eigenvalue weighted by molar-refractivity contribution is -0.139. The third kappa shape index (κ3) is 4.03. The van der Waals surface area contributed by atoms with Crippen LogP contribution in [0.15, 0.2) is 24.5 Å². The van der Waals surface area contributed by atoms with E-state index in [1.54, 1.807) is 6.20 Å². The first-order valence-electron chi connectivity index (χ1n) is 7.92. The van der Waals surface area contributed by atoms with E-state index in [9.17, 15) is 4.79 Å². The van der Waals surface area contributed by atoms with Gasteiger partial charge in [0.25, 0.3) is 0 Å². The predicted molar refractivity (Wildman–Crippen MR) is 84.4 cm³/mol. The van der Waals surface area contributed by atoms with Crippen LogP contribution in [0.1, 0.15) is 45.1 Å². The molecule has 1 unspecified atom stereocenters. The minimum Gasteiger partial charge on any atom is -0.338 e. The van der Waals surface area contributed by atoms with Gasteiger partial charge in [0.1, 0.15) is 0 Å². The highest BCUT2D eigenvalue weighted by atomic mass is 16.2. The number of nitrogens with zero attached hydrogens (tertiary/aromatic N) is 2. The molecule has 4 nitrogen and oxygen atoms in total. The van der Waals surface area contributed by atoms with Gasteiger partial charge in [0.2, 0.25) is 5.91 Å². The van der Waals surface area contributed by atoms with Gasteiger partial charge in [0.15, 0.2) is 0 Å². The van der Waals surface area contributed by atoms with Crippen LogP contribution in [0, 0.1) is 11.3 Å². The Morgan fingerprint density at radius 1 is 1.52 bits per heavy atom. The number of carbonyl (C=O) groups excluding carboxylic acids is 1. The maximum absolute atomic E-state index is 12.9. The second kappa shape index (κ2) is 7.03. The van der Waals surface area contributed by atoms with Crippen LogP contribution in [0.3, 0.4) is 0 Å². The van der Waals surface area contributed by atoms with E-state index < -0.39 is 0 Å². The van der Waals surface area contributed by atoms with Crippen LogP contribution >= 0.6 is 0 Å². The molecule has 0 bridgehead atoms. The van der Waals surface area contributed by atoms with Crippen molar-refractivity contribution in [2.45, 2.75) is 46.1 Å². The lowest BCUT2D eigenvalue weighted by Crippen LogP contribution is -2.40. The average molecular weight is 289 g/mol. The molecule has 2 rings (SSSR count). The summed E-state index contributed by atoms with van der Waals surface area (Å²) in [5.41, 5.74) is 6.83. The Bertz CT molecular complexity index is 458. The Kier molecular flexibility index (Phi) is 5.34. The van der Waals surface area contributed by atoms with Gasteiger partial charge in [-0.3, -0.25) is 9.78 Å². The van der Waals surface area contributed by atoms with E-state index in [0.717, 1.165) is 37.8 Å². The Morgan fingerprint density at radius 3 is 2.90 bits per heavy atom. The summed E-state index contributed by atoms with van der Waals surface area (Å²) in [6.07, 6.45) is 7.75. The molecular weight excluding hydrogens is 262 g/mol. The monoisotopic (exact) mass is 289 g/mol. The third-order valence-electron chi connectivity index (χ3n) is 4.60. The van der Waals surface area contributed by atoms with Crippen molar-refractivity contribution < 1.29 is 4.79 Å². The highest BCUT2D eigenvalue weighted by Gasteiger charge is 2.40. The summed E-state index contributed by atoms with van der Waals surface area (Å²) < 4.78 is 0. The van der Waals surface area contributed by atoms with E-state index in [-0.39, 0.29) is 17.2 Å². The second-order valence-corrected chi connectivity index (χ2v) is 6.70. The minimum absolute atomic E-state index is 0.118. The molecule has 1 aromatic rings. The molecule has 1 aliphatic rings. The summed E-state index contributed by atoms with van der Waals surface area (Å²) in [5.74, 6) is 0.432. The zero-order chi connectivity index (χ0) is 15.3. The van der Waals surface area contributed by atoms with Crippen LogP contribution in [-0.2, 0) is 11.3 Å². The fourth-order valence-electron chi connectivity index (χ4n) is 3.27. The zero-order valence-electron chi connectivity index (χ0n) is 13.2. The van der Waals surface area contributed by atoms with Gasteiger partial charge in [-0.1, -0.05) is 26.3 Å². The fourth-order valence-corrected chi connectivity index (χ4v) is 3.27. The number of aromatic nitrogens is 1. The summed E-state index contributed by atoms with van der Waals surface area (Å²) in [4.78, 5) is 19.1. The van der Waals surface area contributed by atoms with E-state index in [1.165, 1.54) is 0 Å². The fraction of sp³-hybridized carbons (Fsp3) is 0.647. The number of pyridine rings is 1. The molecular formula is C17H27N3O. The Hall–Kier alpha value is -1.42. The molecule has 0 aliphatic heterocycles. The largest absolute Gasteiger partial charge is 0.338 e. The van der Waals surface area contributed by atoms with Gasteiger partial charge in [0.05, 0.1) is 0 Å². The molecule has 1 atom stereocenters.